The Morgan fingerprint density at radius 2 is 1.58 bits per heavy atom. The van der Waals surface area contributed by atoms with Crippen LogP contribution in [0.3, 0.4) is 0 Å². The van der Waals surface area contributed by atoms with Crippen LogP contribution < -0.4 is 14.9 Å². The first-order valence-electron chi connectivity index (χ1n) is 15.2. The standard InChI is InChI=1S/C33H40O15/c1-13(2)5-10-17-18(35)11-19(36)21-24(39)30(28(46-29(17)21)15-6-8-16(43-4)9-7-15)47-33-31(26(41)22(37)14(3)44-33)48-32-27(42)25(40)23(38)20(12-34)45-32/h5-9,11,14,20,22-23,25-27,31-38,40-42H,10,12H2,1-4H3/t14-,20-,22-,23-,25+,26+,27-,31+,32-,33-/m1/s1. The molecule has 0 radical (unpaired) electrons. The summed E-state index contributed by atoms with van der Waals surface area (Å²) in [6.07, 6.45) is -14.4. The van der Waals surface area contributed by atoms with Gasteiger partial charge in [0, 0.05) is 17.2 Å². The molecule has 0 unspecified atom stereocenters. The molecule has 262 valence electrons. The van der Waals surface area contributed by atoms with Gasteiger partial charge < -0.3 is 69.0 Å². The Morgan fingerprint density at radius 1 is 0.896 bits per heavy atom. The molecule has 10 atom stereocenters. The van der Waals surface area contributed by atoms with Crippen LogP contribution in [0.15, 0.2) is 51.2 Å². The highest BCUT2D eigenvalue weighted by molar-refractivity contribution is 5.91. The van der Waals surface area contributed by atoms with E-state index in [0.717, 1.165) is 11.6 Å². The topological polar surface area (TPSA) is 238 Å². The Morgan fingerprint density at radius 3 is 2.21 bits per heavy atom. The third-order valence-corrected chi connectivity index (χ3v) is 8.41. The summed E-state index contributed by atoms with van der Waals surface area (Å²) in [5, 5.41) is 83.7. The largest absolute Gasteiger partial charge is 0.507 e. The lowest BCUT2D eigenvalue weighted by Crippen LogP contribution is -2.64. The van der Waals surface area contributed by atoms with Crippen molar-refractivity contribution in [3.8, 4) is 34.3 Å². The summed E-state index contributed by atoms with van der Waals surface area (Å²) in [5.41, 5.74) is 0.434. The Labute approximate surface area is 274 Å². The van der Waals surface area contributed by atoms with Crippen molar-refractivity contribution in [2.75, 3.05) is 13.7 Å². The predicted molar refractivity (Wildman–Crippen MR) is 167 cm³/mol. The number of methoxy groups -OCH3 is 1. The molecule has 2 saturated heterocycles. The average molecular weight is 677 g/mol. The number of aromatic hydroxyl groups is 2. The van der Waals surface area contributed by atoms with E-state index in [0.29, 0.717) is 11.3 Å². The van der Waals surface area contributed by atoms with E-state index >= 15 is 0 Å². The summed E-state index contributed by atoms with van der Waals surface area (Å²) in [6, 6.07) is 7.34. The van der Waals surface area contributed by atoms with E-state index < -0.39 is 84.9 Å². The number of rotatable bonds is 9. The van der Waals surface area contributed by atoms with Crippen molar-refractivity contribution in [2.45, 2.75) is 88.6 Å². The van der Waals surface area contributed by atoms with Gasteiger partial charge in [-0.3, -0.25) is 4.79 Å². The van der Waals surface area contributed by atoms with Crippen LogP contribution in [0.5, 0.6) is 23.0 Å². The van der Waals surface area contributed by atoms with Crippen molar-refractivity contribution in [2.24, 2.45) is 0 Å². The predicted octanol–water partition coefficient (Wildman–Crippen LogP) is 0.419. The molecule has 1 aromatic heterocycles. The van der Waals surface area contributed by atoms with E-state index in [1.54, 1.807) is 30.3 Å². The van der Waals surface area contributed by atoms with Crippen LogP contribution in [-0.4, -0.2) is 116 Å². The molecule has 2 aliphatic heterocycles. The van der Waals surface area contributed by atoms with Gasteiger partial charge in [0.2, 0.25) is 17.5 Å². The molecule has 0 aliphatic carbocycles. The number of hydrogen-bond donors (Lipinski definition) is 8. The first-order valence-corrected chi connectivity index (χ1v) is 15.2. The number of hydrogen-bond acceptors (Lipinski definition) is 15. The van der Waals surface area contributed by atoms with Gasteiger partial charge in [-0.25, -0.2) is 0 Å². The van der Waals surface area contributed by atoms with Crippen molar-refractivity contribution in [3.63, 3.8) is 0 Å². The van der Waals surface area contributed by atoms with Crippen molar-refractivity contribution >= 4 is 11.0 Å². The van der Waals surface area contributed by atoms with Gasteiger partial charge in [0.05, 0.1) is 19.8 Å². The van der Waals surface area contributed by atoms with E-state index in [9.17, 15) is 45.6 Å². The SMILES string of the molecule is COc1ccc(-c2oc3c(CC=C(C)C)c(O)cc(O)c3c(=O)c2O[C@H]2O[C@H](C)[C@@H](O)[C@H](O)[C@@H]2O[C@H]2O[C@H](CO)[C@@H](O)[C@H](O)[C@H]2O)cc1. The minimum absolute atomic E-state index is 0.115. The fraction of sp³-hybridized carbons (Fsp3) is 0.485. The number of allylic oxidation sites excluding steroid dienone is 2. The third-order valence-electron chi connectivity index (χ3n) is 8.41. The molecule has 0 spiro atoms. The molecule has 2 aromatic carbocycles. The van der Waals surface area contributed by atoms with Gasteiger partial charge in [0.25, 0.3) is 0 Å². The van der Waals surface area contributed by atoms with Crippen molar-refractivity contribution < 1.29 is 69.0 Å². The molecular formula is C33H40O15. The first-order chi connectivity index (χ1) is 22.8. The molecule has 8 N–H and O–H groups in total. The zero-order valence-corrected chi connectivity index (χ0v) is 26.6. The second kappa shape index (κ2) is 14.4. The van der Waals surface area contributed by atoms with Crippen LogP contribution in [-0.2, 0) is 20.6 Å². The van der Waals surface area contributed by atoms with E-state index in [4.69, 9.17) is 28.1 Å². The van der Waals surface area contributed by atoms with Crippen LogP contribution in [0.1, 0.15) is 26.3 Å². The van der Waals surface area contributed by atoms with Gasteiger partial charge in [-0.05, 0) is 51.5 Å². The molecule has 15 nitrogen and oxygen atoms in total. The minimum Gasteiger partial charge on any atom is -0.507 e. The van der Waals surface area contributed by atoms with Crippen LogP contribution in [0, 0.1) is 0 Å². The minimum atomic E-state index is -1.88. The summed E-state index contributed by atoms with van der Waals surface area (Å²) < 4.78 is 34.6. The second-order valence-electron chi connectivity index (χ2n) is 12.0. The summed E-state index contributed by atoms with van der Waals surface area (Å²) in [5.74, 6) is -1.11. The van der Waals surface area contributed by atoms with E-state index in [1.165, 1.54) is 14.0 Å². The lowest BCUT2D eigenvalue weighted by atomic mass is 9.97. The zero-order chi connectivity index (χ0) is 35.0. The Hall–Kier alpha value is -3.77. The molecule has 3 heterocycles. The van der Waals surface area contributed by atoms with Crippen LogP contribution >= 0.6 is 0 Å². The van der Waals surface area contributed by atoms with Gasteiger partial charge in [-0.1, -0.05) is 11.6 Å². The number of aliphatic hydroxyl groups excluding tert-OH is 6. The summed E-state index contributed by atoms with van der Waals surface area (Å²) in [7, 11) is 1.47. The first kappa shape index (κ1) is 35.5. The Bertz CT molecular complexity index is 1680. The summed E-state index contributed by atoms with van der Waals surface area (Å²) in [6.45, 7) is 4.37. The highest BCUT2D eigenvalue weighted by atomic mass is 16.8. The van der Waals surface area contributed by atoms with Gasteiger partial charge in [-0.15, -0.1) is 0 Å². The fourth-order valence-corrected chi connectivity index (χ4v) is 5.61. The van der Waals surface area contributed by atoms with E-state index in [2.05, 4.69) is 0 Å². The molecule has 5 rings (SSSR count). The van der Waals surface area contributed by atoms with Crippen LogP contribution in [0.25, 0.3) is 22.3 Å². The number of phenolic OH excluding ortho intramolecular Hbond substituents is 2. The molecule has 0 saturated carbocycles. The Balaban J connectivity index is 1.65. The van der Waals surface area contributed by atoms with Gasteiger partial charge in [0.15, 0.2) is 18.2 Å². The molecule has 15 heteroatoms. The molecule has 48 heavy (non-hydrogen) atoms. The van der Waals surface area contributed by atoms with Crippen LogP contribution in [0.4, 0.5) is 0 Å². The fourth-order valence-electron chi connectivity index (χ4n) is 5.61. The van der Waals surface area contributed by atoms with E-state index in [-0.39, 0.29) is 34.5 Å². The van der Waals surface area contributed by atoms with Crippen molar-refractivity contribution in [3.05, 3.63) is 57.8 Å². The quantitative estimate of drug-likeness (QED) is 0.143. The smallest absolute Gasteiger partial charge is 0.239 e. The monoisotopic (exact) mass is 676 g/mol. The number of phenols is 2. The number of aliphatic hydroxyl groups is 6. The van der Waals surface area contributed by atoms with Crippen molar-refractivity contribution in [1.29, 1.82) is 0 Å². The van der Waals surface area contributed by atoms with Gasteiger partial charge in [0.1, 0.15) is 64.8 Å². The normalized spacial score (nSPS) is 30.6. The molecule has 2 fully saturated rings. The molecule has 0 amide bonds. The summed E-state index contributed by atoms with van der Waals surface area (Å²) >= 11 is 0. The van der Waals surface area contributed by atoms with E-state index in [1.807, 2.05) is 13.8 Å². The maximum Gasteiger partial charge on any atom is 0.239 e. The lowest BCUT2D eigenvalue weighted by Gasteiger charge is -2.45. The number of ether oxygens (including phenoxy) is 5. The second-order valence-corrected chi connectivity index (χ2v) is 12.0. The number of benzene rings is 2. The van der Waals surface area contributed by atoms with Gasteiger partial charge in [-0.2, -0.15) is 0 Å². The highest BCUT2D eigenvalue weighted by Crippen LogP contribution is 2.41. The lowest BCUT2D eigenvalue weighted by molar-refractivity contribution is -0.355. The molecule has 0 bridgehead atoms. The summed E-state index contributed by atoms with van der Waals surface area (Å²) in [4.78, 5) is 14.3. The number of fused-ring (bicyclic) bond motifs is 1. The molecule has 2 aliphatic rings. The maximum absolute atomic E-state index is 14.3. The highest BCUT2D eigenvalue weighted by Gasteiger charge is 2.51. The van der Waals surface area contributed by atoms with Gasteiger partial charge >= 0.3 is 0 Å². The molecule has 3 aromatic rings. The zero-order valence-electron chi connectivity index (χ0n) is 26.6. The maximum atomic E-state index is 14.3. The molecular weight excluding hydrogens is 636 g/mol. The third kappa shape index (κ3) is 6.74. The van der Waals surface area contributed by atoms with Crippen LogP contribution in [0.2, 0.25) is 0 Å². The van der Waals surface area contributed by atoms with Crippen molar-refractivity contribution in [1.82, 2.24) is 0 Å². The average Bonchev–Trinajstić information content (AvgIpc) is 3.05. The Kier molecular flexibility index (Phi) is 10.6.